The third-order valence-corrected chi connectivity index (χ3v) is 4.06. The van der Waals surface area contributed by atoms with Crippen LogP contribution in [0.15, 0.2) is 54.7 Å². The monoisotopic (exact) mass is 381 g/mol. The van der Waals surface area contributed by atoms with Gasteiger partial charge in [-0.2, -0.15) is 0 Å². The first-order valence-corrected chi connectivity index (χ1v) is 8.44. The maximum Gasteiger partial charge on any atom is 0.274 e. The molecule has 1 heterocycles. The molecule has 0 aliphatic carbocycles. The Morgan fingerprint density at radius 1 is 0.857 bits per heavy atom. The molecule has 142 valence electrons. The van der Waals surface area contributed by atoms with Gasteiger partial charge in [-0.25, -0.2) is 8.78 Å². The molecule has 0 aliphatic heterocycles. The molecule has 0 spiro atoms. The third kappa shape index (κ3) is 4.37. The minimum atomic E-state index is -0.905. The Kier molecular flexibility index (Phi) is 5.44. The van der Waals surface area contributed by atoms with E-state index in [1.165, 1.54) is 18.3 Å². The Balaban J connectivity index is 1.77. The molecule has 2 N–H and O–H groups in total. The van der Waals surface area contributed by atoms with E-state index in [2.05, 4.69) is 15.6 Å². The molecule has 0 saturated heterocycles. The standard InChI is InChI=1S/C21H17F2N3O2/c1-12-3-5-17(13(2)9-12)25-20(27)14-7-8-24-19(10-14)21(28)26-18-6-4-15(22)11-16(18)23/h3-11H,1-2H3,(H,25,27)(H,26,28). The summed E-state index contributed by atoms with van der Waals surface area (Å²) >= 11 is 0. The molecule has 0 saturated carbocycles. The fourth-order valence-corrected chi connectivity index (χ4v) is 2.62. The first-order valence-electron chi connectivity index (χ1n) is 8.44. The van der Waals surface area contributed by atoms with E-state index < -0.39 is 23.4 Å². The fraction of sp³-hybridized carbons (Fsp3) is 0.0952. The lowest BCUT2D eigenvalue weighted by Gasteiger charge is -2.10. The predicted octanol–water partition coefficient (Wildman–Crippen LogP) is 4.48. The molecule has 1 aromatic heterocycles. The SMILES string of the molecule is Cc1ccc(NC(=O)c2ccnc(C(=O)Nc3ccc(F)cc3F)c2)c(C)c1. The van der Waals surface area contributed by atoms with Gasteiger partial charge in [0.15, 0.2) is 0 Å². The van der Waals surface area contributed by atoms with Gasteiger partial charge in [-0.1, -0.05) is 17.7 Å². The van der Waals surface area contributed by atoms with Gasteiger partial charge >= 0.3 is 0 Å². The van der Waals surface area contributed by atoms with Crippen LogP contribution in [0.4, 0.5) is 20.2 Å². The number of nitrogens with one attached hydrogen (secondary N) is 2. The van der Waals surface area contributed by atoms with Crippen molar-refractivity contribution in [3.63, 3.8) is 0 Å². The molecule has 0 radical (unpaired) electrons. The van der Waals surface area contributed by atoms with Crippen molar-refractivity contribution in [2.75, 3.05) is 10.6 Å². The van der Waals surface area contributed by atoms with Gasteiger partial charge in [-0.15, -0.1) is 0 Å². The van der Waals surface area contributed by atoms with E-state index in [-0.39, 0.29) is 16.9 Å². The van der Waals surface area contributed by atoms with Crippen LogP contribution in [0.2, 0.25) is 0 Å². The first-order chi connectivity index (χ1) is 13.3. The quantitative estimate of drug-likeness (QED) is 0.700. The Morgan fingerprint density at radius 2 is 1.57 bits per heavy atom. The Morgan fingerprint density at radius 3 is 2.29 bits per heavy atom. The number of aromatic nitrogens is 1. The molecule has 2 amide bonds. The molecule has 0 fully saturated rings. The number of benzene rings is 2. The van der Waals surface area contributed by atoms with Crippen LogP contribution in [0.1, 0.15) is 32.0 Å². The molecule has 0 bridgehead atoms. The van der Waals surface area contributed by atoms with E-state index in [1.54, 1.807) is 6.07 Å². The smallest absolute Gasteiger partial charge is 0.274 e. The largest absolute Gasteiger partial charge is 0.322 e. The van der Waals surface area contributed by atoms with Crippen LogP contribution in [0.5, 0.6) is 0 Å². The van der Waals surface area contributed by atoms with Crippen molar-refractivity contribution in [3.05, 3.63) is 88.7 Å². The van der Waals surface area contributed by atoms with Crippen LogP contribution < -0.4 is 10.6 Å². The Labute approximate surface area is 160 Å². The highest BCUT2D eigenvalue weighted by Crippen LogP contribution is 2.18. The van der Waals surface area contributed by atoms with Crippen LogP contribution in [-0.2, 0) is 0 Å². The average Bonchev–Trinajstić information content (AvgIpc) is 2.66. The summed E-state index contributed by atoms with van der Waals surface area (Å²) in [5, 5.41) is 5.09. The number of rotatable bonds is 4. The molecule has 3 aromatic rings. The van der Waals surface area contributed by atoms with E-state index in [4.69, 9.17) is 0 Å². The van der Waals surface area contributed by atoms with Crippen molar-refractivity contribution >= 4 is 23.2 Å². The Hall–Kier alpha value is -3.61. The normalized spacial score (nSPS) is 10.4. The van der Waals surface area contributed by atoms with Gasteiger partial charge < -0.3 is 10.6 Å². The van der Waals surface area contributed by atoms with Crippen LogP contribution in [0, 0.1) is 25.5 Å². The van der Waals surface area contributed by atoms with E-state index in [1.807, 2.05) is 26.0 Å². The van der Waals surface area contributed by atoms with Gasteiger partial charge in [0.25, 0.3) is 11.8 Å². The van der Waals surface area contributed by atoms with Crippen LogP contribution in [0.3, 0.4) is 0 Å². The maximum atomic E-state index is 13.7. The predicted molar refractivity (Wildman–Crippen MR) is 102 cm³/mol. The van der Waals surface area contributed by atoms with E-state index >= 15 is 0 Å². The number of halogens is 2. The first kappa shape index (κ1) is 19.2. The third-order valence-electron chi connectivity index (χ3n) is 4.06. The minimum absolute atomic E-state index is 0.0722. The molecule has 7 heteroatoms. The topological polar surface area (TPSA) is 71.1 Å². The number of carbonyl (C=O) groups is 2. The van der Waals surface area contributed by atoms with Gasteiger partial charge in [-0.05, 0) is 49.7 Å². The maximum absolute atomic E-state index is 13.7. The number of amides is 2. The van der Waals surface area contributed by atoms with Crippen molar-refractivity contribution < 1.29 is 18.4 Å². The van der Waals surface area contributed by atoms with Crippen LogP contribution >= 0.6 is 0 Å². The molecule has 28 heavy (non-hydrogen) atoms. The summed E-state index contributed by atoms with van der Waals surface area (Å²) in [6.45, 7) is 3.83. The van der Waals surface area contributed by atoms with Gasteiger partial charge in [0.05, 0.1) is 5.69 Å². The lowest BCUT2D eigenvalue weighted by atomic mass is 10.1. The number of hydrogen-bond acceptors (Lipinski definition) is 3. The molecular formula is C21H17F2N3O2. The van der Waals surface area contributed by atoms with E-state index in [0.29, 0.717) is 11.8 Å². The molecular weight excluding hydrogens is 364 g/mol. The van der Waals surface area contributed by atoms with E-state index in [0.717, 1.165) is 23.3 Å². The van der Waals surface area contributed by atoms with Gasteiger partial charge in [0.2, 0.25) is 0 Å². The van der Waals surface area contributed by atoms with Gasteiger partial charge in [0.1, 0.15) is 17.3 Å². The summed E-state index contributed by atoms with van der Waals surface area (Å²) in [6.07, 6.45) is 1.31. The van der Waals surface area contributed by atoms with Gasteiger partial charge in [-0.3, -0.25) is 14.6 Å². The highest BCUT2D eigenvalue weighted by molar-refractivity contribution is 6.08. The molecule has 0 aliphatic rings. The Bertz CT molecular complexity index is 987. The van der Waals surface area contributed by atoms with Crippen molar-refractivity contribution in [2.45, 2.75) is 13.8 Å². The van der Waals surface area contributed by atoms with Crippen molar-refractivity contribution in [1.82, 2.24) is 4.98 Å². The van der Waals surface area contributed by atoms with Crippen LogP contribution in [-0.4, -0.2) is 16.8 Å². The molecule has 0 unspecified atom stereocenters. The number of aryl methyl sites for hydroxylation is 2. The number of nitrogens with zero attached hydrogens (tertiary/aromatic N) is 1. The second-order valence-corrected chi connectivity index (χ2v) is 6.28. The second-order valence-electron chi connectivity index (χ2n) is 6.28. The zero-order valence-corrected chi connectivity index (χ0v) is 15.2. The zero-order chi connectivity index (χ0) is 20.3. The van der Waals surface area contributed by atoms with Crippen molar-refractivity contribution in [3.8, 4) is 0 Å². The number of pyridine rings is 1. The highest BCUT2D eigenvalue weighted by Gasteiger charge is 2.15. The summed E-state index contributed by atoms with van der Waals surface area (Å²) in [4.78, 5) is 28.7. The molecule has 3 rings (SSSR count). The second kappa shape index (κ2) is 7.96. The van der Waals surface area contributed by atoms with Crippen LogP contribution in [0.25, 0.3) is 0 Å². The number of anilines is 2. The number of hydrogen-bond donors (Lipinski definition) is 2. The van der Waals surface area contributed by atoms with E-state index in [9.17, 15) is 18.4 Å². The summed E-state index contributed by atoms with van der Waals surface area (Å²) in [5.74, 6) is -2.78. The summed E-state index contributed by atoms with van der Waals surface area (Å²) < 4.78 is 26.7. The van der Waals surface area contributed by atoms with Gasteiger partial charge in [0, 0.05) is 23.5 Å². The molecule has 0 atom stereocenters. The highest BCUT2D eigenvalue weighted by atomic mass is 19.1. The lowest BCUT2D eigenvalue weighted by Crippen LogP contribution is -2.17. The summed E-state index contributed by atoms with van der Waals surface area (Å²) in [5.41, 5.74) is 2.61. The molecule has 5 nitrogen and oxygen atoms in total. The average molecular weight is 381 g/mol. The lowest BCUT2D eigenvalue weighted by molar-refractivity contribution is 0.102. The minimum Gasteiger partial charge on any atom is -0.322 e. The molecule has 2 aromatic carbocycles. The van der Waals surface area contributed by atoms with Crippen molar-refractivity contribution in [2.24, 2.45) is 0 Å². The summed E-state index contributed by atoms with van der Waals surface area (Å²) in [7, 11) is 0. The zero-order valence-electron chi connectivity index (χ0n) is 15.2. The van der Waals surface area contributed by atoms with Crippen molar-refractivity contribution in [1.29, 1.82) is 0 Å². The number of carbonyl (C=O) groups excluding carboxylic acids is 2. The fourth-order valence-electron chi connectivity index (χ4n) is 2.62. The summed E-state index contributed by atoms with van der Waals surface area (Å²) in [6, 6.07) is 11.2.